The zero-order valence-corrected chi connectivity index (χ0v) is 23.3. The normalized spacial score (nSPS) is 23.0. The minimum atomic E-state index is -3.91. The third kappa shape index (κ3) is 16.4. The molecule has 0 aromatic carbocycles. The maximum atomic E-state index is 12.1. The fraction of sp³-hybridized carbons (Fsp3) is 1.00. The van der Waals surface area contributed by atoms with Crippen LogP contribution in [-0.2, 0) is 13.6 Å². The van der Waals surface area contributed by atoms with Crippen molar-refractivity contribution in [1.29, 1.82) is 0 Å². The molecule has 0 aromatic rings. The predicted octanol–water partition coefficient (Wildman–Crippen LogP) is 8.40. The highest BCUT2D eigenvalue weighted by atomic mass is 31.2. The molecule has 1 saturated heterocycles. The van der Waals surface area contributed by atoms with Crippen LogP contribution in [0.1, 0.15) is 136 Å². The van der Waals surface area contributed by atoms with Crippen LogP contribution in [0.25, 0.3) is 0 Å². The molecule has 1 rings (SSSR count). The van der Waals surface area contributed by atoms with E-state index in [2.05, 4.69) is 20.9 Å². The Bertz CT molecular complexity index is 505. The molecule has 0 amide bonds. The number of quaternary nitrogens is 1. The van der Waals surface area contributed by atoms with Crippen molar-refractivity contribution in [2.24, 2.45) is 0 Å². The Balaban J connectivity index is 1.86. The Morgan fingerprint density at radius 1 is 0.758 bits per heavy atom. The summed E-state index contributed by atoms with van der Waals surface area (Å²) in [4.78, 5) is 9.92. The van der Waals surface area contributed by atoms with Crippen LogP contribution in [0.5, 0.6) is 0 Å². The molecule has 6 heteroatoms. The molecule has 0 bridgehead atoms. The van der Waals surface area contributed by atoms with Crippen LogP contribution in [0.2, 0.25) is 0 Å². The number of rotatable bonds is 22. The van der Waals surface area contributed by atoms with E-state index in [0.29, 0.717) is 12.6 Å². The monoisotopic (exact) mass is 490 g/mol. The number of likely N-dealkylation sites (N-methyl/N-ethyl adjacent to an activating group) is 1. The standard InChI is InChI=1S/C27H56NO4P/c1-4-5-6-7-8-9-10-11-12-13-14-15-16-17-18-21-25-31-33(29,30)32-26-24-28(3)23-20-19-22-27(28)2/h27H,4-26H2,1-3H3/p+1. The summed E-state index contributed by atoms with van der Waals surface area (Å²) in [5.74, 6) is 0. The summed E-state index contributed by atoms with van der Waals surface area (Å²) in [7, 11) is -1.68. The van der Waals surface area contributed by atoms with E-state index in [1.165, 1.54) is 109 Å². The van der Waals surface area contributed by atoms with E-state index in [4.69, 9.17) is 9.05 Å². The smallest absolute Gasteiger partial charge is 0.322 e. The van der Waals surface area contributed by atoms with Gasteiger partial charge < -0.3 is 9.38 Å². The summed E-state index contributed by atoms with van der Waals surface area (Å²) in [6.07, 6.45) is 24.8. The molecule has 5 nitrogen and oxygen atoms in total. The molecule has 0 saturated carbocycles. The van der Waals surface area contributed by atoms with Crippen molar-refractivity contribution >= 4 is 7.82 Å². The summed E-state index contributed by atoms with van der Waals surface area (Å²) in [6, 6.07) is 0.589. The van der Waals surface area contributed by atoms with Crippen LogP contribution in [-0.4, -0.2) is 48.8 Å². The van der Waals surface area contributed by atoms with E-state index in [1.54, 1.807) is 0 Å². The van der Waals surface area contributed by atoms with Crippen molar-refractivity contribution < 1.29 is 23.0 Å². The minimum absolute atomic E-state index is 0.285. The van der Waals surface area contributed by atoms with Gasteiger partial charge >= 0.3 is 7.82 Å². The second kappa shape index (κ2) is 19.3. The van der Waals surface area contributed by atoms with Crippen molar-refractivity contribution in [3.8, 4) is 0 Å². The molecule has 1 fully saturated rings. The average Bonchev–Trinajstić information content (AvgIpc) is 2.78. The van der Waals surface area contributed by atoms with Crippen molar-refractivity contribution in [3.63, 3.8) is 0 Å². The summed E-state index contributed by atoms with van der Waals surface area (Å²) in [5.41, 5.74) is 0. The second-order valence-corrected chi connectivity index (χ2v) is 12.2. The quantitative estimate of drug-likeness (QED) is 0.0940. The van der Waals surface area contributed by atoms with Gasteiger partial charge in [-0.2, -0.15) is 0 Å². The van der Waals surface area contributed by atoms with E-state index in [0.717, 1.165) is 30.4 Å². The lowest BCUT2D eigenvalue weighted by atomic mass is 10.0. The molecule has 1 aliphatic rings. The highest BCUT2D eigenvalue weighted by molar-refractivity contribution is 7.47. The zero-order valence-electron chi connectivity index (χ0n) is 22.4. The predicted molar refractivity (Wildman–Crippen MR) is 141 cm³/mol. The van der Waals surface area contributed by atoms with Crippen LogP contribution in [0, 0.1) is 0 Å². The summed E-state index contributed by atoms with van der Waals surface area (Å²) < 4.78 is 23.5. The Morgan fingerprint density at radius 2 is 1.21 bits per heavy atom. The molecule has 33 heavy (non-hydrogen) atoms. The molecule has 3 unspecified atom stereocenters. The van der Waals surface area contributed by atoms with E-state index in [-0.39, 0.29) is 6.61 Å². The maximum Gasteiger partial charge on any atom is 0.472 e. The van der Waals surface area contributed by atoms with Crippen LogP contribution in [0.3, 0.4) is 0 Å². The van der Waals surface area contributed by atoms with Gasteiger partial charge in [-0.25, -0.2) is 4.57 Å². The number of nitrogens with zero attached hydrogens (tertiary/aromatic N) is 1. The topological polar surface area (TPSA) is 55.8 Å². The van der Waals surface area contributed by atoms with Crippen molar-refractivity contribution in [2.45, 2.75) is 142 Å². The van der Waals surface area contributed by atoms with Gasteiger partial charge in [0.05, 0.1) is 26.2 Å². The highest BCUT2D eigenvalue weighted by Crippen LogP contribution is 2.43. The molecule has 1 N–H and O–H groups in total. The lowest BCUT2D eigenvalue weighted by Crippen LogP contribution is -2.55. The van der Waals surface area contributed by atoms with E-state index in [1.807, 2.05) is 0 Å². The number of unbranched alkanes of at least 4 members (excludes halogenated alkanes) is 15. The average molecular weight is 491 g/mol. The van der Waals surface area contributed by atoms with Gasteiger partial charge in [-0.15, -0.1) is 0 Å². The number of likely N-dealkylation sites (tertiary alicyclic amines) is 1. The summed E-state index contributed by atoms with van der Waals surface area (Å²) in [6.45, 7) is 7.04. The molecule has 0 spiro atoms. The van der Waals surface area contributed by atoms with Crippen molar-refractivity contribution in [2.75, 3.05) is 33.4 Å². The maximum absolute atomic E-state index is 12.1. The van der Waals surface area contributed by atoms with Gasteiger partial charge in [0.25, 0.3) is 0 Å². The fourth-order valence-corrected chi connectivity index (χ4v) is 5.76. The molecule has 1 heterocycles. The summed E-state index contributed by atoms with van der Waals surface area (Å²) in [5, 5.41) is 0. The number of piperidine rings is 1. The molecular formula is C27H57NO4P+. The molecular weight excluding hydrogens is 433 g/mol. The highest BCUT2D eigenvalue weighted by Gasteiger charge is 2.33. The first-order valence-electron chi connectivity index (χ1n) is 14.4. The molecule has 1 aliphatic heterocycles. The number of phosphoric ester groups is 1. The third-order valence-electron chi connectivity index (χ3n) is 7.71. The van der Waals surface area contributed by atoms with Gasteiger partial charge in [-0.05, 0) is 32.6 Å². The molecule has 3 atom stereocenters. The van der Waals surface area contributed by atoms with Crippen molar-refractivity contribution in [1.82, 2.24) is 0 Å². The van der Waals surface area contributed by atoms with E-state index in [9.17, 15) is 9.46 Å². The van der Waals surface area contributed by atoms with Crippen LogP contribution in [0.4, 0.5) is 0 Å². The van der Waals surface area contributed by atoms with Crippen LogP contribution in [0.15, 0.2) is 0 Å². The number of hydrogen-bond acceptors (Lipinski definition) is 3. The first-order valence-corrected chi connectivity index (χ1v) is 15.9. The van der Waals surface area contributed by atoms with E-state index < -0.39 is 7.82 Å². The van der Waals surface area contributed by atoms with Gasteiger partial charge in [0.15, 0.2) is 0 Å². The lowest BCUT2D eigenvalue weighted by molar-refractivity contribution is -0.936. The second-order valence-electron chi connectivity index (χ2n) is 10.7. The fourth-order valence-electron chi connectivity index (χ4n) is 5.01. The Hall–Kier alpha value is 0.0700. The SMILES string of the molecule is CCCCCCCCCCCCCCCCCCOP(=O)(O)OCC[N+]1(C)CCCCC1C. The lowest BCUT2D eigenvalue weighted by Gasteiger charge is -2.43. The Labute approximate surface area is 206 Å². The number of phosphoric acid groups is 1. The van der Waals surface area contributed by atoms with Crippen LogP contribution >= 0.6 is 7.82 Å². The number of hydrogen-bond donors (Lipinski definition) is 1. The molecule has 0 aliphatic carbocycles. The Morgan fingerprint density at radius 3 is 1.70 bits per heavy atom. The molecule has 0 aromatic heterocycles. The molecule has 198 valence electrons. The van der Waals surface area contributed by atoms with Gasteiger partial charge in [0.1, 0.15) is 13.2 Å². The third-order valence-corrected chi connectivity index (χ3v) is 8.73. The van der Waals surface area contributed by atoms with Gasteiger partial charge in [0.2, 0.25) is 0 Å². The van der Waals surface area contributed by atoms with Gasteiger partial charge in [0, 0.05) is 0 Å². The first-order chi connectivity index (χ1) is 15.9. The van der Waals surface area contributed by atoms with Gasteiger partial charge in [-0.1, -0.05) is 103 Å². The zero-order chi connectivity index (χ0) is 24.3. The minimum Gasteiger partial charge on any atom is -0.322 e. The Kier molecular flexibility index (Phi) is 18.2. The summed E-state index contributed by atoms with van der Waals surface area (Å²) >= 11 is 0. The van der Waals surface area contributed by atoms with E-state index >= 15 is 0 Å². The molecule has 0 radical (unpaired) electrons. The van der Waals surface area contributed by atoms with Crippen LogP contribution < -0.4 is 0 Å². The van der Waals surface area contributed by atoms with Gasteiger partial charge in [-0.3, -0.25) is 9.05 Å². The van der Waals surface area contributed by atoms with Crippen molar-refractivity contribution in [3.05, 3.63) is 0 Å². The first kappa shape index (κ1) is 31.1. The largest absolute Gasteiger partial charge is 0.472 e.